The molecule has 0 saturated heterocycles. The molecule has 0 unspecified atom stereocenters. The van der Waals surface area contributed by atoms with E-state index in [4.69, 9.17) is 4.74 Å². The Morgan fingerprint density at radius 2 is 2.03 bits per heavy atom. The maximum atomic E-state index is 14.1. The maximum absolute atomic E-state index is 14.1. The van der Waals surface area contributed by atoms with Crippen molar-refractivity contribution in [3.8, 4) is 0 Å². The van der Waals surface area contributed by atoms with E-state index in [2.05, 4.69) is 10.3 Å². The van der Waals surface area contributed by atoms with Gasteiger partial charge in [0.1, 0.15) is 17.1 Å². The fraction of sp³-hybridized carbons (Fsp3) is 0.143. The van der Waals surface area contributed by atoms with Gasteiger partial charge in [0.2, 0.25) is 5.91 Å². The first kappa shape index (κ1) is 19.7. The zero-order valence-electron chi connectivity index (χ0n) is 15.8. The van der Waals surface area contributed by atoms with Crippen LogP contribution in [0.5, 0.6) is 0 Å². The fourth-order valence-corrected chi connectivity index (χ4v) is 4.19. The van der Waals surface area contributed by atoms with Crippen molar-refractivity contribution < 1.29 is 18.7 Å². The molecular weight excluding hydrogens is 409 g/mol. The normalized spacial score (nSPS) is 11.0. The molecule has 0 aliphatic heterocycles. The Labute approximate surface area is 173 Å². The molecule has 1 N–H and O–H groups in total. The molecule has 152 valence electrons. The summed E-state index contributed by atoms with van der Waals surface area (Å²) in [4.78, 5) is 41.2. The molecule has 7 nitrogen and oxygen atoms in total. The Hall–Kier alpha value is -3.59. The monoisotopic (exact) mass is 425 g/mol. The molecule has 0 aliphatic rings. The summed E-state index contributed by atoms with van der Waals surface area (Å²) in [6.45, 7) is 1.68. The summed E-state index contributed by atoms with van der Waals surface area (Å²) < 4.78 is 21.1. The predicted molar refractivity (Wildman–Crippen MR) is 112 cm³/mol. The van der Waals surface area contributed by atoms with E-state index in [1.165, 1.54) is 23.0 Å². The first-order valence-corrected chi connectivity index (χ1v) is 9.92. The van der Waals surface area contributed by atoms with Crippen LogP contribution in [0.25, 0.3) is 20.3 Å². The molecule has 0 spiro atoms. The highest BCUT2D eigenvalue weighted by atomic mass is 32.1. The highest BCUT2D eigenvalue weighted by molar-refractivity contribution is 7.25. The molecule has 0 saturated carbocycles. The number of fused-ring (bicyclic) bond motifs is 3. The number of thiophene rings is 1. The first-order chi connectivity index (χ1) is 14.5. The SMILES string of the molecule is CCOC(=O)c1cccc(NC(=O)Cn2cnc3c(sc4cccc(F)c43)c2=O)c1. The van der Waals surface area contributed by atoms with E-state index in [9.17, 15) is 18.8 Å². The standard InChI is InChI=1S/C21H16FN3O4S/c1-2-29-21(28)12-5-3-6-13(9-12)24-16(26)10-25-11-23-18-17-14(22)7-4-8-15(17)30-19(18)20(25)27/h3-9,11H,2,10H2,1H3,(H,24,26). The summed E-state index contributed by atoms with van der Waals surface area (Å²) in [5.74, 6) is -1.40. The van der Waals surface area contributed by atoms with Crippen LogP contribution in [0.2, 0.25) is 0 Å². The van der Waals surface area contributed by atoms with Gasteiger partial charge in [0.05, 0.1) is 29.4 Å². The van der Waals surface area contributed by atoms with Crippen LogP contribution in [0.1, 0.15) is 17.3 Å². The Balaban J connectivity index is 1.58. The van der Waals surface area contributed by atoms with Crippen molar-refractivity contribution in [3.05, 3.63) is 70.5 Å². The third-order valence-corrected chi connectivity index (χ3v) is 5.52. The predicted octanol–water partition coefficient (Wildman–Crippen LogP) is 3.57. The molecule has 9 heteroatoms. The Kier molecular flexibility index (Phi) is 5.28. The summed E-state index contributed by atoms with van der Waals surface area (Å²) in [7, 11) is 0. The number of aromatic nitrogens is 2. The second-order valence-corrected chi connectivity index (χ2v) is 7.47. The lowest BCUT2D eigenvalue weighted by atomic mass is 10.2. The van der Waals surface area contributed by atoms with Crippen LogP contribution in [-0.4, -0.2) is 28.0 Å². The highest BCUT2D eigenvalue weighted by Crippen LogP contribution is 2.31. The van der Waals surface area contributed by atoms with Crippen LogP contribution in [0.15, 0.2) is 53.6 Å². The Bertz CT molecular complexity index is 1350. The number of nitrogens with one attached hydrogen (secondary N) is 1. The third kappa shape index (κ3) is 3.67. The van der Waals surface area contributed by atoms with Crippen LogP contribution >= 0.6 is 11.3 Å². The molecule has 4 rings (SSSR count). The van der Waals surface area contributed by atoms with E-state index in [-0.39, 0.29) is 23.4 Å². The van der Waals surface area contributed by atoms with Gasteiger partial charge in [-0.3, -0.25) is 14.2 Å². The largest absolute Gasteiger partial charge is 0.462 e. The molecule has 4 aromatic rings. The van der Waals surface area contributed by atoms with E-state index < -0.39 is 23.3 Å². The van der Waals surface area contributed by atoms with Crippen LogP contribution in [-0.2, 0) is 16.1 Å². The van der Waals surface area contributed by atoms with Gasteiger partial charge in [0, 0.05) is 10.4 Å². The van der Waals surface area contributed by atoms with Crippen molar-refractivity contribution in [1.82, 2.24) is 9.55 Å². The highest BCUT2D eigenvalue weighted by Gasteiger charge is 2.16. The van der Waals surface area contributed by atoms with Gasteiger partial charge in [-0.15, -0.1) is 11.3 Å². The zero-order valence-corrected chi connectivity index (χ0v) is 16.7. The molecule has 2 aromatic carbocycles. The topological polar surface area (TPSA) is 90.3 Å². The molecule has 0 bridgehead atoms. The zero-order chi connectivity index (χ0) is 21.3. The number of rotatable bonds is 5. The lowest BCUT2D eigenvalue weighted by molar-refractivity contribution is -0.116. The van der Waals surface area contributed by atoms with Gasteiger partial charge in [-0.1, -0.05) is 12.1 Å². The molecule has 0 atom stereocenters. The number of amides is 1. The molecule has 2 heterocycles. The Morgan fingerprint density at radius 1 is 1.23 bits per heavy atom. The molecule has 30 heavy (non-hydrogen) atoms. The molecule has 0 radical (unpaired) electrons. The smallest absolute Gasteiger partial charge is 0.338 e. The first-order valence-electron chi connectivity index (χ1n) is 9.11. The van der Waals surface area contributed by atoms with Crippen LogP contribution in [0, 0.1) is 5.82 Å². The van der Waals surface area contributed by atoms with E-state index in [1.807, 2.05) is 0 Å². The Morgan fingerprint density at radius 3 is 2.83 bits per heavy atom. The number of esters is 1. The van der Waals surface area contributed by atoms with Crippen molar-refractivity contribution in [2.45, 2.75) is 13.5 Å². The van der Waals surface area contributed by atoms with Crippen LogP contribution < -0.4 is 10.9 Å². The van der Waals surface area contributed by atoms with E-state index >= 15 is 0 Å². The molecule has 1 amide bonds. The average molecular weight is 425 g/mol. The van der Waals surface area contributed by atoms with Gasteiger partial charge in [-0.2, -0.15) is 0 Å². The number of hydrogen-bond acceptors (Lipinski definition) is 6. The number of benzene rings is 2. The summed E-state index contributed by atoms with van der Waals surface area (Å²) in [5.41, 5.74) is 0.576. The van der Waals surface area contributed by atoms with Crippen molar-refractivity contribution in [2.75, 3.05) is 11.9 Å². The number of hydrogen-bond donors (Lipinski definition) is 1. The number of carbonyl (C=O) groups is 2. The lowest BCUT2D eigenvalue weighted by Gasteiger charge is -2.08. The second kappa shape index (κ2) is 8.03. The summed E-state index contributed by atoms with van der Waals surface area (Å²) in [6.07, 6.45) is 1.23. The minimum absolute atomic E-state index is 0.245. The van der Waals surface area contributed by atoms with Crippen molar-refractivity contribution in [1.29, 1.82) is 0 Å². The fourth-order valence-electron chi connectivity index (χ4n) is 3.08. The van der Waals surface area contributed by atoms with Gasteiger partial charge in [0.15, 0.2) is 0 Å². The van der Waals surface area contributed by atoms with Gasteiger partial charge in [-0.25, -0.2) is 14.2 Å². The minimum atomic E-state index is -0.489. The summed E-state index contributed by atoms with van der Waals surface area (Å²) in [5, 5.41) is 2.96. The van der Waals surface area contributed by atoms with Crippen molar-refractivity contribution >= 4 is 49.2 Å². The molecule has 0 aliphatic carbocycles. The van der Waals surface area contributed by atoms with E-state index in [0.717, 1.165) is 11.3 Å². The molecular formula is C21H16FN3O4S. The van der Waals surface area contributed by atoms with E-state index in [1.54, 1.807) is 37.3 Å². The van der Waals surface area contributed by atoms with Gasteiger partial charge in [0.25, 0.3) is 5.56 Å². The van der Waals surface area contributed by atoms with Gasteiger partial charge >= 0.3 is 5.97 Å². The summed E-state index contributed by atoms with van der Waals surface area (Å²) >= 11 is 1.14. The maximum Gasteiger partial charge on any atom is 0.338 e. The lowest BCUT2D eigenvalue weighted by Crippen LogP contribution is -2.27. The number of nitrogens with zero attached hydrogens (tertiary/aromatic N) is 2. The number of anilines is 1. The van der Waals surface area contributed by atoms with Crippen LogP contribution in [0.3, 0.4) is 0 Å². The second-order valence-electron chi connectivity index (χ2n) is 6.42. The van der Waals surface area contributed by atoms with Crippen molar-refractivity contribution in [2.24, 2.45) is 0 Å². The van der Waals surface area contributed by atoms with E-state index in [0.29, 0.717) is 21.3 Å². The third-order valence-electron chi connectivity index (χ3n) is 4.39. The molecule has 0 fully saturated rings. The molecule has 2 aromatic heterocycles. The number of ether oxygens (including phenoxy) is 1. The van der Waals surface area contributed by atoms with Gasteiger partial charge < -0.3 is 10.1 Å². The number of carbonyl (C=O) groups excluding carboxylic acids is 2. The van der Waals surface area contributed by atoms with Gasteiger partial charge in [-0.05, 0) is 37.3 Å². The summed E-state index contributed by atoms with van der Waals surface area (Å²) in [6, 6.07) is 10.9. The minimum Gasteiger partial charge on any atom is -0.462 e. The average Bonchev–Trinajstić information content (AvgIpc) is 3.11. The number of halogens is 1. The quantitative estimate of drug-likeness (QED) is 0.494. The van der Waals surface area contributed by atoms with Crippen molar-refractivity contribution in [3.63, 3.8) is 0 Å². The van der Waals surface area contributed by atoms with Crippen LogP contribution in [0.4, 0.5) is 10.1 Å².